The number of aliphatic carboxylic acids is 1. The van der Waals surface area contributed by atoms with Gasteiger partial charge < -0.3 is 20.3 Å². The third kappa shape index (κ3) is 6.24. The van der Waals surface area contributed by atoms with Gasteiger partial charge in [0.2, 0.25) is 5.91 Å². The van der Waals surface area contributed by atoms with E-state index < -0.39 is 42.0 Å². The van der Waals surface area contributed by atoms with Crippen LogP contribution < -0.4 is 10.1 Å². The van der Waals surface area contributed by atoms with Gasteiger partial charge in [0.05, 0.1) is 18.5 Å². The molecule has 0 saturated heterocycles. The molecule has 2 aromatic rings. The van der Waals surface area contributed by atoms with E-state index in [0.717, 1.165) is 5.56 Å². The number of likely N-dealkylation sites (N-methyl/N-ethyl adjacent to an activating group) is 1. The number of hydrogen-bond donors (Lipinski definition) is 3. The lowest BCUT2D eigenvalue weighted by atomic mass is 10.1. The number of nitrogens with zero attached hydrogens (tertiary/aromatic N) is 1. The van der Waals surface area contributed by atoms with Crippen LogP contribution in [0.15, 0.2) is 48.5 Å². The van der Waals surface area contributed by atoms with Crippen LogP contribution in [0.2, 0.25) is 0 Å². The first-order valence-corrected chi connectivity index (χ1v) is 10.3. The number of nitrogens with one attached hydrogen (secondary N) is 1. The van der Waals surface area contributed by atoms with E-state index in [1.165, 1.54) is 30.3 Å². The molecule has 0 unspecified atom stereocenters. The predicted octanol–water partition coefficient (Wildman–Crippen LogP) is 2.33. The molecule has 2 aromatic carbocycles. The summed E-state index contributed by atoms with van der Waals surface area (Å²) in [5.74, 6) is -2.10. The molecule has 0 spiro atoms. The Bertz CT molecular complexity index is 940. The van der Waals surface area contributed by atoms with Crippen LogP contribution in [0.4, 0.5) is 8.78 Å². The van der Waals surface area contributed by atoms with Crippen molar-refractivity contribution < 1.29 is 33.3 Å². The molecule has 1 fully saturated rings. The van der Waals surface area contributed by atoms with E-state index in [1.54, 1.807) is 25.2 Å². The summed E-state index contributed by atoms with van der Waals surface area (Å²) in [5.41, 5.74) is 0.812. The quantitative estimate of drug-likeness (QED) is 0.545. The van der Waals surface area contributed by atoms with Crippen molar-refractivity contribution >= 4 is 11.9 Å². The smallest absolute Gasteiger partial charge is 0.303 e. The molecular formula is C23H26F2N2O5. The van der Waals surface area contributed by atoms with Crippen LogP contribution in [0.25, 0.3) is 0 Å². The average Bonchev–Trinajstić information content (AvgIpc) is 3.03. The van der Waals surface area contributed by atoms with Crippen molar-refractivity contribution in [2.45, 2.75) is 50.1 Å². The van der Waals surface area contributed by atoms with Crippen LogP contribution in [0, 0.1) is 11.6 Å². The Labute approximate surface area is 184 Å². The van der Waals surface area contributed by atoms with Gasteiger partial charge in [-0.25, -0.2) is 8.78 Å². The number of amides is 1. The topological polar surface area (TPSA) is 99.1 Å². The Morgan fingerprint density at radius 3 is 2.50 bits per heavy atom. The second-order valence-electron chi connectivity index (χ2n) is 7.94. The van der Waals surface area contributed by atoms with Crippen LogP contribution in [-0.4, -0.2) is 58.3 Å². The van der Waals surface area contributed by atoms with E-state index in [4.69, 9.17) is 9.84 Å². The molecule has 0 heterocycles. The van der Waals surface area contributed by atoms with Gasteiger partial charge in [0.25, 0.3) is 0 Å². The van der Waals surface area contributed by atoms with Crippen LogP contribution in [-0.2, 0) is 16.1 Å². The molecule has 1 saturated carbocycles. The number of hydrogen-bond acceptors (Lipinski definition) is 5. The number of carbonyl (C=O) groups is 2. The maximum Gasteiger partial charge on any atom is 0.303 e. The van der Waals surface area contributed by atoms with E-state index in [-0.39, 0.29) is 30.8 Å². The lowest BCUT2D eigenvalue weighted by Crippen LogP contribution is -2.51. The highest BCUT2D eigenvalue weighted by Gasteiger charge is 2.46. The minimum atomic E-state index is -1.08. The van der Waals surface area contributed by atoms with Crippen molar-refractivity contribution in [1.82, 2.24) is 10.2 Å². The Kier molecular flexibility index (Phi) is 7.76. The number of rotatable bonds is 9. The first-order valence-electron chi connectivity index (χ1n) is 10.3. The molecule has 0 bridgehead atoms. The molecule has 7 nitrogen and oxygen atoms in total. The summed E-state index contributed by atoms with van der Waals surface area (Å²) >= 11 is 0. The Morgan fingerprint density at radius 1 is 1.12 bits per heavy atom. The van der Waals surface area contributed by atoms with Gasteiger partial charge in [-0.2, -0.15) is 0 Å². The third-order valence-corrected chi connectivity index (χ3v) is 5.48. The zero-order valence-electron chi connectivity index (χ0n) is 17.6. The fraction of sp³-hybridized carbons (Fsp3) is 0.391. The van der Waals surface area contributed by atoms with Gasteiger partial charge in [0, 0.05) is 25.5 Å². The highest BCUT2D eigenvalue weighted by atomic mass is 19.1. The molecule has 3 rings (SSSR count). The number of carbonyl (C=O) groups excluding carboxylic acids is 1. The van der Waals surface area contributed by atoms with Crippen molar-refractivity contribution in [3.05, 3.63) is 65.7 Å². The molecular weight excluding hydrogens is 422 g/mol. The van der Waals surface area contributed by atoms with Gasteiger partial charge in [0.15, 0.2) is 0 Å². The largest absolute Gasteiger partial charge is 0.487 e. The van der Waals surface area contributed by atoms with Gasteiger partial charge in [-0.15, -0.1) is 0 Å². The van der Waals surface area contributed by atoms with Crippen molar-refractivity contribution in [2.75, 3.05) is 7.05 Å². The van der Waals surface area contributed by atoms with Crippen LogP contribution in [0.1, 0.15) is 24.8 Å². The molecule has 1 aliphatic carbocycles. The maximum absolute atomic E-state index is 13.5. The summed E-state index contributed by atoms with van der Waals surface area (Å²) in [6.07, 6.45) is -1.99. The number of carboxylic acids is 1. The van der Waals surface area contributed by atoms with Gasteiger partial charge in [-0.3, -0.25) is 14.5 Å². The van der Waals surface area contributed by atoms with Crippen molar-refractivity contribution in [3.8, 4) is 5.75 Å². The van der Waals surface area contributed by atoms with Crippen LogP contribution in [0.3, 0.4) is 0 Å². The number of carboxylic acid groups (broad SMARTS) is 1. The molecule has 9 heteroatoms. The number of halogens is 2. The van der Waals surface area contributed by atoms with Crippen LogP contribution >= 0.6 is 0 Å². The molecule has 0 radical (unpaired) electrons. The monoisotopic (exact) mass is 448 g/mol. The summed E-state index contributed by atoms with van der Waals surface area (Å²) in [6.45, 7) is 0.371. The van der Waals surface area contributed by atoms with E-state index in [1.807, 2.05) is 4.90 Å². The average molecular weight is 448 g/mol. The minimum absolute atomic E-state index is 0.189. The molecule has 0 aromatic heterocycles. The van der Waals surface area contributed by atoms with Gasteiger partial charge >= 0.3 is 5.97 Å². The summed E-state index contributed by atoms with van der Waals surface area (Å²) in [7, 11) is 1.76. The van der Waals surface area contributed by atoms with E-state index in [9.17, 15) is 23.5 Å². The maximum atomic E-state index is 13.5. The molecule has 1 amide bonds. The summed E-state index contributed by atoms with van der Waals surface area (Å²) < 4.78 is 32.6. The molecule has 172 valence electrons. The van der Waals surface area contributed by atoms with Gasteiger partial charge in [-0.1, -0.05) is 18.2 Å². The number of ether oxygens (including phenoxy) is 1. The first-order chi connectivity index (χ1) is 15.2. The van der Waals surface area contributed by atoms with E-state index >= 15 is 0 Å². The number of aliphatic hydroxyl groups is 1. The fourth-order valence-electron chi connectivity index (χ4n) is 4.01. The summed E-state index contributed by atoms with van der Waals surface area (Å²) in [4.78, 5) is 24.9. The highest BCUT2D eigenvalue weighted by molar-refractivity contribution is 5.80. The number of benzene rings is 2. The lowest BCUT2D eigenvalue weighted by molar-refractivity contribution is -0.139. The van der Waals surface area contributed by atoms with Gasteiger partial charge in [0.1, 0.15) is 29.6 Å². The minimum Gasteiger partial charge on any atom is -0.487 e. The SMILES string of the molecule is CN(Cc1ccc(F)cc1)[C@@H]1[C@@H](O)[C@H](Oc2cccc(F)c2)C[C@H]1NC(=O)CCC(=O)O. The molecule has 32 heavy (non-hydrogen) atoms. The lowest BCUT2D eigenvalue weighted by Gasteiger charge is -2.32. The molecule has 1 aliphatic rings. The van der Waals surface area contributed by atoms with Crippen LogP contribution in [0.5, 0.6) is 5.75 Å². The zero-order chi connectivity index (χ0) is 23.3. The van der Waals surface area contributed by atoms with E-state index in [2.05, 4.69) is 5.32 Å². The highest BCUT2D eigenvalue weighted by Crippen LogP contribution is 2.30. The fourth-order valence-corrected chi connectivity index (χ4v) is 4.01. The molecule has 3 N–H and O–H groups in total. The third-order valence-electron chi connectivity index (χ3n) is 5.48. The summed E-state index contributed by atoms with van der Waals surface area (Å²) in [6, 6.07) is 10.4. The second kappa shape index (κ2) is 10.5. The first kappa shape index (κ1) is 23.6. The van der Waals surface area contributed by atoms with Gasteiger partial charge in [-0.05, 0) is 36.9 Å². The normalized spacial score (nSPS) is 22.7. The van der Waals surface area contributed by atoms with Crippen molar-refractivity contribution in [1.29, 1.82) is 0 Å². The van der Waals surface area contributed by atoms with E-state index in [0.29, 0.717) is 6.54 Å². The standard InChI is InChI=1S/C23H26F2N2O5/c1-27(13-14-5-7-15(24)8-6-14)22-18(26-20(28)9-10-21(29)30)12-19(23(22)31)32-17-4-2-3-16(25)11-17/h2-8,11,18-19,22-23,31H,9-10,12-13H2,1H3,(H,26,28)(H,29,30)/t18-,19-,22+,23+/m1/s1. The summed E-state index contributed by atoms with van der Waals surface area (Å²) in [5, 5.41) is 22.6. The Hall–Kier alpha value is -3.04. The predicted molar refractivity (Wildman–Crippen MR) is 112 cm³/mol. The second-order valence-corrected chi connectivity index (χ2v) is 7.94. The Morgan fingerprint density at radius 2 is 1.84 bits per heavy atom. The molecule has 4 atom stereocenters. The molecule has 0 aliphatic heterocycles. The number of aliphatic hydroxyl groups excluding tert-OH is 1. The zero-order valence-corrected chi connectivity index (χ0v) is 17.6. The van der Waals surface area contributed by atoms with Crippen molar-refractivity contribution in [2.24, 2.45) is 0 Å². The van der Waals surface area contributed by atoms with Crippen molar-refractivity contribution in [3.63, 3.8) is 0 Å². The Balaban J connectivity index is 1.75.